The highest BCUT2D eigenvalue weighted by molar-refractivity contribution is 5.52. The Morgan fingerprint density at radius 3 is 2.69 bits per heavy atom. The Morgan fingerprint density at radius 1 is 1.17 bits per heavy atom. The summed E-state index contributed by atoms with van der Waals surface area (Å²) in [6.45, 7) is 4.08. The van der Waals surface area contributed by atoms with Crippen molar-refractivity contribution in [2.75, 3.05) is 20.8 Å². The molecule has 8 heteroatoms. The number of aromatic nitrogens is 4. The predicted octanol–water partition coefficient (Wildman–Crippen LogP) is 2.11. The summed E-state index contributed by atoms with van der Waals surface area (Å²) in [6, 6.07) is 3.89. The largest absolute Gasteiger partial charge is 0.497 e. The molecule has 29 heavy (non-hydrogen) atoms. The molecule has 3 aromatic rings. The second kappa shape index (κ2) is 8.00. The summed E-state index contributed by atoms with van der Waals surface area (Å²) < 4.78 is 10.9. The van der Waals surface area contributed by atoms with E-state index >= 15 is 0 Å². The van der Waals surface area contributed by atoms with Crippen molar-refractivity contribution in [2.24, 2.45) is 0 Å². The molecule has 2 aromatic heterocycles. The number of ether oxygens (including phenoxy) is 2. The van der Waals surface area contributed by atoms with Gasteiger partial charge in [-0.3, -0.25) is 9.69 Å². The van der Waals surface area contributed by atoms with Gasteiger partial charge in [0, 0.05) is 50.1 Å². The number of aryl methyl sites for hydroxylation is 1. The van der Waals surface area contributed by atoms with E-state index in [4.69, 9.17) is 9.47 Å². The molecule has 1 aliphatic heterocycles. The number of H-pyrrole nitrogens is 1. The smallest absolute Gasteiger partial charge is 0.255 e. The molecule has 0 spiro atoms. The molecule has 4 rings (SSSR count). The molecule has 1 N–H and O–H groups in total. The van der Waals surface area contributed by atoms with Gasteiger partial charge in [-0.05, 0) is 18.6 Å². The monoisotopic (exact) mass is 393 g/mol. The molecule has 1 aromatic carbocycles. The van der Waals surface area contributed by atoms with Gasteiger partial charge in [-0.15, -0.1) is 0 Å². The Balaban J connectivity index is 1.59. The lowest BCUT2D eigenvalue weighted by molar-refractivity contribution is 0.237. The Kier molecular flexibility index (Phi) is 5.26. The third-order valence-corrected chi connectivity index (χ3v) is 5.22. The van der Waals surface area contributed by atoms with Gasteiger partial charge in [-0.25, -0.2) is 15.0 Å². The molecule has 0 atom stereocenters. The van der Waals surface area contributed by atoms with Gasteiger partial charge >= 0.3 is 0 Å². The SMILES string of the molecule is COc1cc(C)c(CN2CCc3nc(-c4cncnc4)[nH]c(=O)c3C2)c(OC)c1. The fourth-order valence-corrected chi connectivity index (χ4v) is 3.65. The molecule has 1 aliphatic rings. The van der Waals surface area contributed by atoms with Crippen molar-refractivity contribution in [1.29, 1.82) is 0 Å². The van der Waals surface area contributed by atoms with Crippen LogP contribution in [0, 0.1) is 6.92 Å². The summed E-state index contributed by atoms with van der Waals surface area (Å²) in [4.78, 5) is 30.5. The second-order valence-corrected chi connectivity index (χ2v) is 7.05. The number of methoxy groups -OCH3 is 2. The zero-order valence-corrected chi connectivity index (χ0v) is 16.7. The summed E-state index contributed by atoms with van der Waals surface area (Å²) >= 11 is 0. The number of nitrogens with zero attached hydrogens (tertiary/aromatic N) is 4. The third kappa shape index (κ3) is 3.84. The van der Waals surface area contributed by atoms with E-state index in [1.54, 1.807) is 26.6 Å². The molecule has 0 unspecified atom stereocenters. The standard InChI is InChI=1S/C21H23N5O3/c1-13-6-15(28-2)7-19(29-3)16(13)10-26-5-4-18-17(11-26)21(27)25-20(24-18)14-8-22-12-23-9-14/h6-9,12H,4-5,10-11H2,1-3H3,(H,24,25,27). The zero-order chi connectivity index (χ0) is 20.4. The van der Waals surface area contributed by atoms with Crippen LogP contribution in [0.15, 0.2) is 35.6 Å². The third-order valence-electron chi connectivity index (χ3n) is 5.22. The number of fused-ring (bicyclic) bond motifs is 1. The Bertz CT molecular complexity index is 1080. The molecule has 0 saturated heterocycles. The molecule has 8 nitrogen and oxygen atoms in total. The number of aromatic amines is 1. The maximum atomic E-state index is 12.7. The van der Waals surface area contributed by atoms with Gasteiger partial charge in [0.25, 0.3) is 5.56 Å². The minimum atomic E-state index is -0.114. The molecule has 3 heterocycles. The number of hydrogen-bond acceptors (Lipinski definition) is 7. The maximum absolute atomic E-state index is 12.7. The van der Waals surface area contributed by atoms with E-state index in [0.717, 1.165) is 34.9 Å². The van der Waals surface area contributed by atoms with Gasteiger partial charge in [0.05, 0.1) is 31.0 Å². The van der Waals surface area contributed by atoms with Crippen LogP contribution in [0.25, 0.3) is 11.4 Å². The van der Waals surface area contributed by atoms with Crippen molar-refractivity contribution in [3.05, 3.63) is 63.6 Å². The molecule has 0 amide bonds. The Morgan fingerprint density at radius 2 is 1.97 bits per heavy atom. The van der Waals surface area contributed by atoms with Crippen LogP contribution in [-0.2, 0) is 19.5 Å². The predicted molar refractivity (Wildman–Crippen MR) is 108 cm³/mol. The lowest BCUT2D eigenvalue weighted by atomic mass is 10.0. The van der Waals surface area contributed by atoms with Crippen molar-refractivity contribution >= 4 is 0 Å². The van der Waals surface area contributed by atoms with E-state index in [-0.39, 0.29) is 5.56 Å². The van der Waals surface area contributed by atoms with Gasteiger partial charge in [0.2, 0.25) is 0 Å². The molecular weight excluding hydrogens is 370 g/mol. The topological polar surface area (TPSA) is 93.2 Å². The van der Waals surface area contributed by atoms with Gasteiger partial charge in [0.15, 0.2) is 0 Å². The van der Waals surface area contributed by atoms with Crippen LogP contribution in [0.4, 0.5) is 0 Å². The van der Waals surface area contributed by atoms with Crippen molar-refractivity contribution < 1.29 is 9.47 Å². The van der Waals surface area contributed by atoms with Crippen LogP contribution in [0.3, 0.4) is 0 Å². The Labute approximate surface area is 168 Å². The first-order valence-corrected chi connectivity index (χ1v) is 9.40. The first-order valence-electron chi connectivity index (χ1n) is 9.40. The minimum Gasteiger partial charge on any atom is -0.497 e. The zero-order valence-electron chi connectivity index (χ0n) is 16.7. The minimum absolute atomic E-state index is 0.114. The van der Waals surface area contributed by atoms with Crippen molar-refractivity contribution in [3.63, 3.8) is 0 Å². The number of nitrogens with one attached hydrogen (secondary N) is 1. The van der Waals surface area contributed by atoms with Crippen LogP contribution >= 0.6 is 0 Å². The van der Waals surface area contributed by atoms with Crippen molar-refractivity contribution in [2.45, 2.75) is 26.4 Å². The lowest BCUT2D eigenvalue weighted by Crippen LogP contribution is -2.35. The highest BCUT2D eigenvalue weighted by Crippen LogP contribution is 2.30. The van der Waals surface area contributed by atoms with Gasteiger partial charge < -0.3 is 14.5 Å². The normalized spacial score (nSPS) is 13.8. The first-order chi connectivity index (χ1) is 14.1. The van der Waals surface area contributed by atoms with Crippen LogP contribution < -0.4 is 15.0 Å². The summed E-state index contributed by atoms with van der Waals surface area (Å²) in [5.41, 5.74) is 4.33. The molecule has 0 fully saturated rings. The molecular formula is C21H23N5O3. The summed E-state index contributed by atoms with van der Waals surface area (Å²) in [7, 11) is 3.30. The van der Waals surface area contributed by atoms with Crippen molar-refractivity contribution in [1.82, 2.24) is 24.8 Å². The van der Waals surface area contributed by atoms with E-state index < -0.39 is 0 Å². The fourth-order valence-electron chi connectivity index (χ4n) is 3.65. The number of hydrogen-bond donors (Lipinski definition) is 1. The van der Waals surface area contributed by atoms with Crippen LogP contribution in [0.5, 0.6) is 11.5 Å². The maximum Gasteiger partial charge on any atom is 0.255 e. The average Bonchev–Trinajstić information content (AvgIpc) is 2.75. The first kappa shape index (κ1) is 19.1. The fraction of sp³-hybridized carbons (Fsp3) is 0.333. The highest BCUT2D eigenvalue weighted by atomic mass is 16.5. The van der Waals surface area contributed by atoms with E-state index in [0.29, 0.717) is 36.5 Å². The van der Waals surface area contributed by atoms with Gasteiger partial charge in [-0.1, -0.05) is 0 Å². The van der Waals surface area contributed by atoms with E-state index in [1.165, 1.54) is 6.33 Å². The van der Waals surface area contributed by atoms with Gasteiger partial charge in [-0.2, -0.15) is 0 Å². The molecule has 0 aliphatic carbocycles. The average molecular weight is 393 g/mol. The van der Waals surface area contributed by atoms with Gasteiger partial charge in [0.1, 0.15) is 23.7 Å². The molecule has 0 saturated carbocycles. The summed E-state index contributed by atoms with van der Waals surface area (Å²) in [5, 5.41) is 0. The summed E-state index contributed by atoms with van der Waals surface area (Å²) in [5.74, 6) is 2.07. The number of rotatable bonds is 5. The number of benzene rings is 1. The Hall–Kier alpha value is -3.26. The summed E-state index contributed by atoms with van der Waals surface area (Å²) in [6.07, 6.45) is 5.45. The van der Waals surface area contributed by atoms with Crippen molar-refractivity contribution in [3.8, 4) is 22.9 Å². The van der Waals surface area contributed by atoms with E-state index in [1.807, 2.05) is 19.1 Å². The van der Waals surface area contributed by atoms with Crippen LogP contribution in [-0.4, -0.2) is 45.6 Å². The van der Waals surface area contributed by atoms with E-state index in [9.17, 15) is 4.79 Å². The quantitative estimate of drug-likeness (QED) is 0.710. The second-order valence-electron chi connectivity index (χ2n) is 7.05. The highest BCUT2D eigenvalue weighted by Gasteiger charge is 2.23. The lowest BCUT2D eigenvalue weighted by Gasteiger charge is -2.29. The van der Waals surface area contributed by atoms with Crippen LogP contribution in [0.1, 0.15) is 22.4 Å². The molecule has 150 valence electrons. The van der Waals surface area contributed by atoms with E-state index in [2.05, 4.69) is 24.8 Å². The molecule has 0 radical (unpaired) electrons. The molecule has 0 bridgehead atoms. The van der Waals surface area contributed by atoms with Crippen LogP contribution in [0.2, 0.25) is 0 Å².